The largest absolute Gasteiger partial charge is 0.274 e. The first-order valence-corrected chi connectivity index (χ1v) is 7.11. The summed E-state index contributed by atoms with van der Waals surface area (Å²) < 4.78 is 0. The quantitative estimate of drug-likeness (QED) is 0.739. The Morgan fingerprint density at radius 2 is 1.68 bits per heavy atom. The standard InChI is InChI=1S/C15H16ClNO2/c1-9-6-7-10(16)8-13(9)17-14(18)11-4-2-3-5-12(11)15(17)19/h6-8,11-12H,2-5H2,1H3/t11-,12+. The van der Waals surface area contributed by atoms with Gasteiger partial charge in [0.2, 0.25) is 11.8 Å². The number of amides is 2. The Kier molecular flexibility index (Phi) is 3.09. The topological polar surface area (TPSA) is 37.4 Å². The van der Waals surface area contributed by atoms with E-state index in [0.717, 1.165) is 31.2 Å². The van der Waals surface area contributed by atoms with Gasteiger partial charge in [-0.2, -0.15) is 0 Å². The summed E-state index contributed by atoms with van der Waals surface area (Å²) in [5.74, 6) is -0.306. The van der Waals surface area contributed by atoms with E-state index in [2.05, 4.69) is 0 Å². The second kappa shape index (κ2) is 4.64. The third-order valence-corrected chi connectivity index (χ3v) is 4.49. The Morgan fingerprint density at radius 1 is 1.11 bits per heavy atom. The highest BCUT2D eigenvalue weighted by Crippen LogP contribution is 2.41. The predicted molar refractivity (Wildman–Crippen MR) is 74.1 cm³/mol. The molecule has 0 bridgehead atoms. The highest BCUT2D eigenvalue weighted by atomic mass is 35.5. The number of hydrogen-bond donors (Lipinski definition) is 0. The number of aryl methyl sites for hydroxylation is 1. The number of rotatable bonds is 1. The summed E-state index contributed by atoms with van der Waals surface area (Å²) in [5.41, 5.74) is 1.56. The third-order valence-electron chi connectivity index (χ3n) is 4.25. The van der Waals surface area contributed by atoms with E-state index in [1.807, 2.05) is 13.0 Å². The van der Waals surface area contributed by atoms with Gasteiger partial charge in [0, 0.05) is 5.02 Å². The molecule has 0 unspecified atom stereocenters. The van der Waals surface area contributed by atoms with E-state index in [1.165, 1.54) is 4.90 Å². The maximum absolute atomic E-state index is 12.5. The second-order valence-electron chi connectivity index (χ2n) is 5.44. The lowest BCUT2D eigenvalue weighted by atomic mass is 9.81. The number of carbonyl (C=O) groups excluding carboxylic acids is 2. The Labute approximate surface area is 117 Å². The van der Waals surface area contributed by atoms with Gasteiger partial charge in [-0.1, -0.05) is 30.5 Å². The van der Waals surface area contributed by atoms with E-state index in [1.54, 1.807) is 12.1 Å². The SMILES string of the molecule is Cc1ccc(Cl)cc1N1C(=O)[C@H]2CCCC[C@H]2C1=O. The van der Waals surface area contributed by atoms with Crippen molar-refractivity contribution in [3.63, 3.8) is 0 Å². The molecule has 1 aliphatic carbocycles. The number of halogens is 1. The fourth-order valence-electron chi connectivity index (χ4n) is 3.22. The van der Waals surface area contributed by atoms with Crippen LogP contribution in [-0.2, 0) is 9.59 Å². The first-order chi connectivity index (χ1) is 9.09. The zero-order chi connectivity index (χ0) is 13.6. The van der Waals surface area contributed by atoms with Crippen LogP contribution in [0.4, 0.5) is 5.69 Å². The van der Waals surface area contributed by atoms with Gasteiger partial charge in [-0.15, -0.1) is 0 Å². The van der Waals surface area contributed by atoms with Crippen LogP contribution in [0.25, 0.3) is 0 Å². The minimum absolute atomic E-state index is 0.0416. The van der Waals surface area contributed by atoms with E-state index < -0.39 is 0 Å². The van der Waals surface area contributed by atoms with Crippen LogP contribution in [0.1, 0.15) is 31.2 Å². The molecule has 0 spiro atoms. The Bertz CT molecular complexity index is 531. The average Bonchev–Trinajstić information content (AvgIpc) is 2.66. The van der Waals surface area contributed by atoms with Crippen LogP contribution in [0.5, 0.6) is 0 Å². The molecule has 100 valence electrons. The summed E-state index contributed by atoms with van der Waals surface area (Å²) in [4.78, 5) is 26.3. The van der Waals surface area contributed by atoms with Crippen molar-refractivity contribution in [1.82, 2.24) is 0 Å². The van der Waals surface area contributed by atoms with E-state index in [0.29, 0.717) is 10.7 Å². The van der Waals surface area contributed by atoms with Crippen molar-refractivity contribution in [2.75, 3.05) is 4.90 Å². The normalized spacial score (nSPS) is 26.7. The van der Waals surface area contributed by atoms with E-state index in [9.17, 15) is 9.59 Å². The number of nitrogens with zero attached hydrogens (tertiary/aromatic N) is 1. The van der Waals surface area contributed by atoms with Crippen molar-refractivity contribution in [2.45, 2.75) is 32.6 Å². The zero-order valence-electron chi connectivity index (χ0n) is 10.9. The second-order valence-corrected chi connectivity index (χ2v) is 5.88. The van der Waals surface area contributed by atoms with Gasteiger partial charge in [-0.05, 0) is 37.5 Å². The fourth-order valence-corrected chi connectivity index (χ4v) is 3.39. The number of anilines is 1. The van der Waals surface area contributed by atoms with E-state index in [-0.39, 0.29) is 23.7 Å². The lowest BCUT2D eigenvalue weighted by Crippen LogP contribution is -2.31. The van der Waals surface area contributed by atoms with Gasteiger partial charge in [0.15, 0.2) is 0 Å². The van der Waals surface area contributed by atoms with Crippen LogP contribution >= 0.6 is 11.6 Å². The van der Waals surface area contributed by atoms with Crippen molar-refractivity contribution in [3.05, 3.63) is 28.8 Å². The molecule has 3 rings (SSSR count). The van der Waals surface area contributed by atoms with Gasteiger partial charge in [0.1, 0.15) is 0 Å². The van der Waals surface area contributed by atoms with Gasteiger partial charge >= 0.3 is 0 Å². The summed E-state index contributed by atoms with van der Waals surface area (Å²) in [6.07, 6.45) is 3.77. The molecule has 0 radical (unpaired) electrons. The van der Waals surface area contributed by atoms with Gasteiger partial charge in [-0.3, -0.25) is 9.59 Å². The summed E-state index contributed by atoms with van der Waals surface area (Å²) in [7, 11) is 0. The zero-order valence-corrected chi connectivity index (χ0v) is 11.6. The molecule has 2 amide bonds. The van der Waals surface area contributed by atoms with E-state index in [4.69, 9.17) is 11.6 Å². The molecule has 1 aliphatic heterocycles. The van der Waals surface area contributed by atoms with Gasteiger partial charge in [-0.25, -0.2) is 4.90 Å². The van der Waals surface area contributed by atoms with Crippen LogP contribution < -0.4 is 4.90 Å². The molecular weight excluding hydrogens is 262 g/mol. The first kappa shape index (κ1) is 12.7. The van der Waals surface area contributed by atoms with Gasteiger partial charge in [0.05, 0.1) is 17.5 Å². The molecule has 0 N–H and O–H groups in total. The molecule has 1 saturated carbocycles. The summed E-state index contributed by atoms with van der Waals surface area (Å²) in [5, 5.41) is 0.552. The van der Waals surface area contributed by atoms with Crippen molar-refractivity contribution in [3.8, 4) is 0 Å². The summed E-state index contributed by atoms with van der Waals surface area (Å²) in [6, 6.07) is 5.34. The highest BCUT2D eigenvalue weighted by molar-refractivity contribution is 6.31. The molecular formula is C15H16ClNO2. The van der Waals surface area contributed by atoms with Crippen molar-refractivity contribution in [2.24, 2.45) is 11.8 Å². The summed E-state index contributed by atoms with van der Waals surface area (Å²) >= 11 is 5.99. The lowest BCUT2D eigenvalue weighted by molar-refractivity contribution is -0.122. The van der Waals surface area contributed by atoms with Crippen molar-refractivity contribution < 1.29 is 9.59 Å². The number of imide groups is 1. The Balaban J connectivity index is 2.03. The molecule has 1 saturated heterocycles. The number of carbonyl (C=O) groups is 2. The van der Waals surface area contributed by atoms with Gasteiger partial charge in [0.25, 0.3) is 0 Å². The van der Waals surface area contributed by atoms with Crippen LogP contribution in [0, 0.1) is 18.8 Å². The van der Waals surface area contributed by atoms with Crippen LogP contribution in [-0.4, -0.2) is 11.8 Å². The molecule has 0 aromatic heterocycles. The molecule has 4 heteroatoms. The molecule has 2 fully saturated rings. The lowest BCUT2D eigenvalue weighted by Gasteiger charge is -2.19. The first-order valence-electron chi connectivity index (χ1n) is 6.73. The Hall–Kier alpha value is -1.35. The summed E-state index contributed by atoms with van der Waals surface area (Å²) in [6.45, 7) is 1.90. The molecule has 2 aliphatic rings. The Morgan fingerprint density at radius 3 is 2.26 bits per heavy atom. The van der Waals surface area contributed by atoms with E-state index >= 15 is 0 Å². The minimum atomic E-state index is -0.111. The molecule has 1 heterocycles. The minimum Gasteiger partial charge on any atom is -0.274 e. The number of benzene rings is 1. The number of hydrogen-bond acceptors (Lipinski definition) is 2. The maximum atomic E-state index is 12.5. The molecule has 1 aromatic carbocycles. The van der Waals surface area contributed by atoms with Crippen LogP contribution in [0.2, 0.25) is 5.02 Å². The van der Waals surface area contributed by atoms with Crippen molar-refractivity contribution in [1.29, 1.82) is 0 Å². The number of fused-ring (bicyclic) bond motifs is 1. The molecule has 1 aromatic rings. The van der Waals surface area contributed by atoms with Crippen LogP contribution in [0.3, 0.4) is 0 Å². The molecule has 19 heavy (non-hydrogen) atoms. The van der Waals surface area contributed by atoms with Gasteiger partial charge < -0.3 is 0 Å². The third kappa shape index (κ3) is 1.96. The maximum Gasteiger partial charge on any atom is 0.237 e. The van der Waals surface area contributed by atoms with Crippen LogP contribution in [0.15, 0.2) is 18.2 Å². The average molecular weight is 278 g/mol. The fraction of sp³-hybridized carbons (Fsp3) is 0.467. The smallest absolute Gasteiger partial charge is 0.237 e. The highest BCUT2D eigenvalue weighted by Gasteiger charge is 2.48. The predicted octanol–water partition coefficient (Wildman–Crippen LogP) is 3.33. The van der Waals surface area contributed by atoms with Crippen molar-refractivity contribution >= 4 is 29.1 Å². The molecule has 3 nitrogen and oxygen atoms in total. The molecule has 2 atom stereocenters. The monoisotopic (exact) mass is 277 g/mol.